The van der Waals surface area contributed by atoms with Gasteiger partial charge in [0.05, 0.1) is 5.56 Å². The molecule has 1 aromatic carbocycles. The van der Waals surface area contributed by atoms with Crippen LogP contribution in [0, 0.1) is 17.5 Å². The molecule has 17 heavy (non-hydrogen) atoms. The van der Waals surface area contributed by atoms with Crippen LogP contribution >= 0.6 is 0 Å². The summed E-state index contributed by atoms with van der Waals surface area (Å²) in [5, 5.41) is 13.9. The van der Waals surface area contributed by atoms with Crippen molar-refractivity contribution in [3.8, 4) is 5.75 Å². The Balaban J connectivity index is 2.94. The first-order chi connectivity index (χ1) is 7.99. The Hall–Kier alpha value is -1.76. The maximum atomic E-state index is 13.3. The van der Waals surface area contributed by atoms with Gasteiger partial charge in [-0.05, 0) is 13.1 Å². The number of hydrogen-bond acceptors (Lipinski definition) is 3. The fourth-order valence-electron chi connectivity index (χ4n) is 1.15. The number of amides is 1. The Labute approximate surface area is 95.4 Å². The van der Waals surface area contributed by atoms with Gasteiger partial charge in [0.1, 0.15) is 0 Å². The van der Waals surface area contributed by atoms with E-state index in [1.165, 1.54) is 0 Å². The third-order valence-electron chi connectivity index (χ3n) is 2.04. The van der Waals surface area contributed by atoms with Gasteiger partial charge < -0.3 is 15.7 Å². The molecule has 1 rings (SSSR count). The standard InChI is InChI=1S/C10H11F3N2O2/c1-14-2-3-15-10(17)5-4-6(11)8(13)9(16)7(5)12/h4,14,16H,2-3H2,1H3,(H,15,17). The van der Waals surface area contributed by atoms with Crippen LogP contribution in [0.15, 0.2) is 6.07 Å². The summed E-state index contributed by atoms with van der Waals surface area (Å²) in [5.41, 5.74) is -0.738. The molecule has 0 aromatic heterocycles. The van der Waals surface area contributed by atoms with E-state index in [0.29, 0.717) is 12.6 Å². The molecule has 0 aliphatic carbocycles. The van der Waals surface area contributed by atoms with Crippen molar-refractivity contribution >= 4 is 5.91 Å². The summed E-state index contributed by atoms with van der Waals surface area (Å²) in [6.45, 7) is 0.623. The Kier molecular flexibility index (Phi) is 4.33. The molecule has 0 spiro atoms. The lowest BCUT2D eigenvalue weighted by Crippen LogP contribution is -2.31. The molecule has 0 atom stereocenters. The molecule has 0 aliphatic rings. The number of carbonyl (C=O) groups excluding carboxylic acids is 1. The van der Waals surface area contributed by atoms with E-state index in [2.05, 4.69) is 10.6 Å². The SMILES string of the molecule is CNCCNC(=O)c1cc(F)c(F)c(O)c1F. The molecule has 4 nitrogen and oxygen atoms in total. The van der Waals surface area contributed by atoms with Crippen LogP contribution in [0.1, 0.15) is 10.4 Å². The maximum Gasteiger partial charge on any atom is 0.254 e. The summed E-state index contributed by atoms with van der Waals surface area (Å²) < 4.78 is 38.9. The van der Waals surface area contributed by atoms with Crippen molar-refractivity contribution in [2.75, 3.05) is 20.1 Å². The van der Waals surface area contributed by atoms with E-state index >= 15 is 0 Å². The van der Waals surface area contributed by atoms with Gasteiger partial charge in [-0.15, -0.1) is 0 Å². The predicted molar refractivity (Wildman–Crippen MR) is 54.2 cm³/mol. The van der Waals surface area contributed by atoms with Gasteiger partial charge in [-0.3, -0.25) is 4.79 Å². The number of hydrogen-bond donors (Lipinski definition) is 3. The Bertz CT molecular complexity index is 438. The van der Waals surface area contributed by atoms with E-state index < -0.39 is 34.7 Å². The van der Waals surface area contributed by atoms with Gasteiger partial charge >= 0.3 is 0 Å². The number of nitrogens with one attached hydrogen (secondary N) is 2. The van der Waals surface area contributed by atoms with Crippen molar-refractivity contribution < 1.29 is 23.1 Å². The second kappa shape index (κ2) is 5.53. The summed E-state index contributed by atoms with van der Waals surface area (Å²) in [6.07, 6.45) is 0. The van der Waals surface area contributed by atoms with Crippen LogP contribution in [-0.2, 0) is 0 Å². The minimum atomic E-state index is -1.71. The van der Waals surface area contributed by atoms with Crippen molar-refractivity contribution in [1.29, 1.82) is 0 Å². The molecular weight excluding hydrogens is 237 g/mol. The minimum Gasteiger partial charge on any atom is -0.503 e. The molecule has 1 aromatic rings. The van der Waals surface area contributed by atoms with Gasteiger partial charge in [0.2, 0.25) is 5.82 Å². The Morgan fingerprint density at radius 1 is 1.29 bits per heavy atom. The van der Waals surface area contributed by atoms with Crippen LogP contribution in [-0.4, -0.2) is 31.2 Å². The molecule has 0 aliphatic heterocycles. The van der Waals surface area contributed by atoms with Crippen LogP contribution in [0.3, 0.4) is 0 Å². The molecule has 0 saturated carbocycles. The monoisotopic (exact) mass is 248 g/mol. The number of benzene rings is 1. The number of carbonyl (C=O) groups is 1. The molecule has 1 amide bonds. The van der Waals surface area contributed by atoms with Gasteiger partial charge in [0, 0.05) is 13.1 Å². The van der Waals surface area contributed by atoms with Crippen LogP contribution < -0.4 is 10.6 Å². The average Bonchev–Trinajstić information content (AvgIpc) is 2.31. The molecule has 0 radical (unpaired) electrons. The first-order valence-corrected chi connectivity index (χ1v) is 4.78. The smallest absolute Gasteiger partial charge is 0.254 e. The van der Waals surface area contributed by atoms with E-state index in [1.54, 1.807) is 7.05 Å². The first-order valence-electron chi connectivity index (χ1n) is 4.78. The fourth-order valence-corrected chi connectivity index (χ4v) is 1.15. The molecule has 3 N–H and O–H groups in total. The van der Waals surface area contributed by atoms with Gasteiger partial charge in [-0.1, -0.05) is 0 Å². The molecule has 7 heteroatoms. The van der Waals surface area contributed by atoms with Crippen molar-refractivity contribution in [1.82, 2.24) is 10.6 Å². The average molecular weight is 248 g/mol. The number of rotatable bonds is 4. The molecule has 0 fully saturated rings. The van der Waals surface area contributed by atoms with Crippen LogP contribution in [0.5, 0.6) is 5.75 Å². The Morgan fingerprint density at radius 2 is 1.94 bits per heavy atom. The minimum absolute atomic E-state index is 0.189. The molecule has 94 valence electrons. The second-order valence-corrected chi connectivity index (χ2v) is 3.24. The number of phenolic OH excluding ortho intramolecular Hbond substituents is 1. The van der Waals surface area contributed by atoms with Crippen molar-refractivity contribution in [2.45, 2.75) is 0 Å². The number of phenols is 1. The normalized spacial score (nSPS) is 10.4. The second-order valence-electron chi connectivity index (χ2n) is 3.24. The highest BCUT2D eigenvalue weighted by Crippen LogP contribution is 2.25. The van der Waals surface area contributed by atoms with Gasteiger partial charge in [0.15, 0.2) is 17.4 Å². The lowest BCUT2D eigenvalue weighted by molar-refractivity contribution is 0.0948. The van der Waals surface area contributed by atoms with E-state index in [-0.39, 0.29) is 6.54 Å². The van der Waals surface area contributed by atoms with Crippen molar-refractivity contribution in [3.63, 3.8) is 0 Å². The molecule has 0 bridgehead atoms. The number of aromatic hydroxyl groups is 1. The lowest BCUT2D eigenvalue weighted by Gasteiger charge is -2.07. The third kappa shape index (κ3) is 2.88. The van der Waals surface area contributed by atoms with Crippen LogP contribution in [0.25, 0.3) is 0 Å². The summed E-state index contributed by atoms with van der Waals surface area (Å²) in [5.74, 6) is -7.10. The zero-order valence-corrected chi connectivity index (χ0v) is 8.98. The summed E-state index contributed by atoms with van der Waals surface area (Å²) in [4.78, 5) is 11.4. The van der Waals surface area contributed by atoms with Gasteiger partial charge in [-0.2, -0.15) is 4.39 Å². The molecule has 0 saturated heterocycles. The highest BCUT2D eigenvalue weighted by Gasteiger charge is 2.21. The zero-order chi connectivity index (χ0) is 13.0. The highest BCUT2D eigenvalue weighted by atomic mass is 19.2. The van der Waals surface area contributed by atoms with Crippen LogP contribution in [0.4, 0.5) is 13.2 Å². The summed E-state index contributed by atoms with van der Waals surface area (Å²) >= 11 is 0. The highest BCUT2D eigenvalue weighted by molar-refractivity contribution is 5.94. The van der Waals surface area contributed by atoms with Gasteiger partial charge in [-0.25, -0.2) is 8.78 Å². The first kappa shape index (κ1) is 13.3. The molecule has 0 heterocycles. The Morgan fingerprint density at radius 3 is 2.53 bits per heavy atom. The quantitative estimate of drug-likeness (QED) is 0.544. The molecule has 0 unspecified atom stereocenters. The summed E-state index contributed by atoms with van der Waals surface area (Å²) in [6, 6.07) is 0.402. The van der Waals surface area contributed by atoms with E-state index in [4.69, 9.17) is 5.11 Å². The maximum absolute atomic E-state index is 13.3. The number of likely N-dealkylation sites (N-methyl/N-ethyl adjacent to an activating group) is 1. The fraction of sp³-hybridized carbons (Fsp3) is 0.300. The molecular formula is C10H11F3N2O2. The topological polar surface area (TPSA) is 61.4 Å². The van der Waals surface area contributed by atoms with E-state index in [9.17, 15) is 18.0 Å². The van der Waals surface area contributed by atoms with Crippen molar-refractivity contribution in [3.05, 3.63) is 29.1 Å². The van der Waals surface area contributed by atoms with E-state index in [0.717, 1.165) is 0 Å². The third-order valence-corrected chi connectivity index (χ3v) is 2.04. The lowest BCUT2D eigenvalue weighted by atomic mass is 10.1. The van der Waals surface area contributed by atoms with Crippen molar-refractivity contribution in [2.24, 2.45) is 0 Å². The largest absolute Gasteiger partial charge is 0.503 e. The summed E-state index contributed by atoms with van der Waals surface area (Å²) in [7, 11) is 1.65. The van der Waals surface area contributed by atoms with E-state index in [1.807, 2.05) is 0 Å². The number of halogens is 3. The zero-order valence-electron chi connectivity index (χ0n) is 8.98. The predicted octanol–water partition coefficient (Wildman–Crippen LogP) is 0.759. The van der Waals surface area contributed by atoms with Gasteiger partial charge in [0.25, 0.3) is 5.91 Å². The van der Waals surface area contributed by atoms with Crippen LogP contribution in [0.2, 0.25) is 0 Å².